The molecule has 2 amide bonds. The van der Waals surface area contributed by atoms with E-state index < -0.39 is 28.5 Å². The Morgan fingerprint density at radius 3 is 2.69 bits per heavy atom. The number of ether oxygens (including phenoxy) is 1. The van der Waals surface area contributed by atoms with Gasteiger partial charge in [-0.05, 0) is 24.3 Å². The third-order valence-corrected chi connectivity index (χ3v) is 6.31. The van der Waals surface area contributed by atoms with E-state index in [2.05, 4.69) is 16.7 Å². The van der Waals surface area contributed by atoms with Crippen LogP contribution in [0.5, 0.6) is 0 Å². The lowest BCUT2D eigenvalue weighted by Crippen LogP contribution is -2.48. The summed E-state index contributed by atoms with van der Waals surface area (Å²) in [5.74, 6) is -0.746. The lowest BCUT2D eigenvalue weighted by molar-refractivity contribution is -0.384. The number of nitrogens with zero attached hydrogens (tertiary/aromatic N) is 4. The SMILES string of the molecule is CC(=O)NC[C@H]1CN(c2ccc(N3CCC(C#N)(Nc4cccc([N+](=O)[O-])c4)CC3)c(F)c2)C(=O)O1. The molecule has 36 heavy (non-hydrogen) atoms. The number of benzene rings is 2. The van der Waals surface area contributed by atoms with Crippen LogP contribution in [0, 0.1) is 27.3 Å². The highest BCUT2D eigenvalue weighted by Crippen LogP contribution is 2.33. The number of carbonyl (C=O) groups excluding carboxylic acids is 2. The van der Waals surface area contributed by atoms with Crippen molar-refractivity contribution in [1.82, 2.24) is 5.32 Å². The van der Waals surface area contributed by atoms with E-state index in [0.717, 1.165) is 0 Å². The number of cyclic esters (lactones) is 1. The second kappa shape index (κ2) is 10.1. The molecule has 2 aliphatic rings. The standard InChI is InChI=1S/C24H25FN6O5/c1-16(32)27-13-20-14-30(23(33)36-20)18-5-6-22(21(25)12-18)29-9-7-24(15-26,8-10-29)28-17-3-2-4-19(11-17)31(34)35/h2-6,11-12,20,28H,7-10,13-14H2,1H3,(H,27,32)/t20-/m0/s1. The molecule has 12 heteroatoms. The molecule has 0 spiro atoms. The average Bonchev–Trinajstić information content (AvgIpc) is 3.24. The normalized spacial score (nSPS) is 18.8. The van der Waals surface area contributed by atoms with Gasteiger partial charge in [0.2, 0.25) is 5.91 Å². The summed E-state index contributed by atoms with van der Waals surface area (Å²) in [6, 6.07) is 12.8. The molecule has 2 saturated heterocycles. The summed E-state index contributed by atoms with van der Waals surface area (Å²) >= 11 is 0. The summed E-state index contributed by atoms with van der Waals surface area (Å²) < 4.78 is 20.3. The van der Waals surface area contributed by atoms with E-state index >= 15 is 4.39 Å². The highest BCUT2D eigenvalue weighted by molar-refractivity contribution is 5.90. The van der Waals surface area contributed by atoms with Crippen LogP contribution in [0.4, 0.5) is 31.9 Å². The molecule has 2 aromatic rings. The fourth-order valence-corrected chi connectivity index (χ4v) is 4.38. The van der Waals surface area contributed by atoms with Crippen LogP contribution < -0.4 is 20.4 Å². The zero-order valence-corrected chi connectivity index (χ0v) is 19.6. The molecule has 0 unspecified atom stereocenters. The van der Waals surface area contributed by atoms with Crippen molar-refractivity contribution in [3.8, 4) is 6.07 Å². The van der Waals surface area contributed by atoms with Crippen LogP contribution in [-0.4, -0.2) is 54.7 Å². The first-order chi connectivity index (χ1) is 17.2. The molecule has 2 N–H and O–H groups in total. The summed E-state index contributed by atoms with van der Waals surface area (Å²) in [6.07, 6.45) is -0.391. The van der Waals surface area contributed by atoms with Gasteiger partial charge >= 0.3 is 6.09 Å². The van der Waals surface area contributed by atoms with Crippen LogP contribution in [0.3, 0.4) is 0 Å². The monoisotopic (exact) mass is 496 g/mol. The summed E-state index contributed by atoms with van der Waals surface area (Å²) in [5.41, 5.74) is 0.162. The Hall–Kier alpha value is -4.40. The van der Waals surface area contributed by atoms with Gasteiger partial charge in [0.1, 0.15) is 17.5 Å². The van der Waals surface area contributed by atoms with Crippen LogP contribution in [0.25, 0.3) is 0 Å². The van der Waals surface area contributed by atoms with Crippen molar-refractivity contribution in [3.05, 3.63) is 58.4 Å². The number of piperidine rings is 1. The Balaban J connectivity index is 1.41. The molecule has 0 bridgehead atoms. The fraction of sp³-hybridized carbons (Fsp3) is 0.375. The number of amides is 2. The first kappa shape index (κ1) is 24.7. The lowest BCUT2D eigenvalue weighted by Gasteiger charge is -2.39. The number of rotatable bonds is 7. The van der Waals surface area contributed by atoms with Gasteiger partial charge in [0.05, 0.1) is 35.5 Å². The summed E-state index contributed by atoms with van der Waals surface area (Å²) in [4.78, 5) is 37.0. The van der Waals surface area contributed by atoms with Crippen molar-refractivity contribution in [2.45, 2.75) is 31.4 Å². The highest BCUT2D eigenvalue weighted by atomic mass is 19.1. The largest absolute Gasteiger partial charge is 0.442 e. The Labute approximate surface area is 206 Å². The highest BCUT2D eigenvalue weighted by Gasteiger charge is 2.36. The zero-order chi connectivity index (χ0) is 25.9. The molecule has 0 radical (unpaired) electrons. The van der Waals surface area contributed by atoms with Crippen LogP contribution in [0.2, 0.25) is 0 Å². The Bertz CT molecular complexity index is 1220. The number of nitro groups is 1. The lowest BCUT2D eigenvalue weighted by atomic mass is 9.88. The van der Waals surface area contributed by atoms with E-state index in [0.29, 0.717) is 43.0 Å². The van der Waals surface area contributed by atoms with Crippen molar-refractivity contribution in [1.29, 1.82) is 5.26 Å². The number of anilines is 3. The molecule has 188 valence electrons. The van der Waals surface area contributed by atoms with Gasteiger partial charge in [0.25, 0.3) is 5.69 Å². The summed E-state index contributed by atoms with van der Waals surface area (Å²) in [5, 5.41) is 26.6. The number of carbonyl (C=O) groups is 2. The second-order valence-corrected chi connectivity index (χ2v) is 8.80. The van der Waals surface area contributed by atoms with E-state index in [1.165, 1.54) is 30.0 Å². The second-order valence-electron chi connectivity index (χ2n) is 8.80. The third kappa shape index (κ3) is 5.30. The molecule has 2 aliphatic heterocycles. The first-order valence-corrected chi connectivity index (χ1v) is 11.4. The summed E-state index contributed by atoms with van der Waals surface area (Å²) in [6.45, 7) is 2.51. The van der Waals surface area contributed by atoms with E-state index in [1.807, 2.05) is 4.90 Å². The van der Waals surface area contributed by atoms with E-state index in [4.69, 9.17) is 4.74 Å². The van der Waals surface area contributed by atoms with Crippen molar-refractivity contribution in [2.24, 2.45) is 0 Å². The van der Waals surface area contributed by atoms with Crippen LogP contribution in [0.15, 0.2) is 42.5 Å². The summed E-state index contributed by atoms with van der Waals surface area (Å²) in [7, 11) is 0. The molecule has 2 aromatic carbocycles. The number of non-ortho nitro benzene ring substituents is 1. The number of hydrogen-bond donors (Lipinski definition) is 2. The molecule has 0 aromatic heterocycles. The molecule has 4 rings (SSSR count). The van der Waals surface area contributed by atoms with Gasteiger partial charge in [-0.15, -0.1) is 0 Å². The molecular formula is C24H25FN6O5. The van der Waals surface area contributed by atoms with Crippen molar-refractivity contribution in [3.63, 3.8) is 0 Å². The van der Waals surface area contributed by atoms with Crippen LogP contribution in [-0.2, 0) is 9.53 Å². The quantitative estimate of drug-likeness (QED) is 0.440. The first-order valence-electron chi connectivity index (χ1n) is 11.4. The van der Waals surface area contributed by atoms with Gasteiger partial charge < -0.3 is 20.3 Å². The maximum atomic E-state index is 15.1. The number of halogens is 1. The van der Waals surface area contributed by atoms with Gasteiger partial charge in [-0.25, -0.2) is 9.18 Å². The molecule has 2 heterocycles. The maximum absolute atomic E-state index is 15.1. The van der Waals surface area contributed by atoms with Gasteiger partial charge in [0, 0.05) is 50.7 Å². The minimum absolute atomic E-state index is 0.0731. The van der Waals surface area contributed by atoms with Gasteiger partial charge in [0.15, 0.2) is 0 Å². The Kier molecular flexibility index (Phi) is 6.91. The average molecular weight is 496 g/mol. The van der Waals surface area contributed by atoms with Crippen molar-refractivity contribution < 1.29 is 23.6 Å². The maximum Gasteiger partial charge on any atom is 0.414 e. The topological polar surface area (TPSA) is 141 Å². The molecule has 11 nitrogen and oxygen atoms in total. The fourth-order valence-electron chi connectivity index (χ4n) is 4.38. The minimum Gasteiger partial charge on any atom is -0.442 e. The van der Waals surface area contributed by atoms with Gasteiger partial charge in [-0.3, -0.25) is 19.8 Å². The molecule has 0 saturated carbocycles. The third-order valence-electron chi connectivity index (χ3n) is 6.31. The minimum atomic E-state index is -0.940. The zero-order valence-electron chi connectivity index (χ0n) is 19.6. The number of nitro benzene ring substituents is 1. The smallest absolute Gasteiger partial charge is 0.414 e. The molecular weight excluding hydrogens is 471 g/mol. The molecule has 2 fully saturated rings. The van der Waals surface area contributed by atoms with Crippen LogP contribution >= 0.6 is 0 Å². The van der Waals surface area contributed by atoms with Crippen molar-refractivity contribution >= 4 is 34.7 Å². The molecule has 1 atom stereocenters. The number of nitriles is 1. The Morgan fingerprint density at radius 1 is 1.31 bits per heavy atom. The van der Waals surface area contributed by atoms with Gasteiger partial charge in [-0.1, -0.05) is 6.07 Å². The predicted molar refractivity (Wildman–Crippen MR) is 129 cm³/mol. The predicted octanol–water partition coefficient (Wildman–Crippen LogP) is 3.17. The van der Waals surface area contributed by atoms with E-state index in [1.54, 1.807) is 24.3 Å². The van der Waals surface area contributed by atoms with E-state index in [-0.39, 0.29) is 24.7 Å². The van der Waals surface area contributed by atoms with Gasteiger partial charge in [-0.2, -0.15) is 5.26 Å². The van der Waals surface area contributed by atoms with Crippen LogP contribution in [0.1, 0.15) is 19.8 Å². The number of hydrogen-bond acceptors (Lipinski definition) is 8. The number of nitrogens with one attached hydrogen (secondary N) is 2. The van der Waals surface area contributed by atoms with E-state index in [9.17, 15) is 25.0 Å². The Morgan fingerprint density at radius 2 is 2.06 bits per heavy atom. The molecule has 0 aliphatic carbocycles. The van der Waals surface area contributed by atoms with Crippen molar-refractivity contribution in [2.75, 3.05) is 41.3 Å².